The molecule has 0 unspecified atom stereocenters. The Morgan fingerprint density at radius 1 is 0.818 bits per heavy atom. The first-order valence-electron chi connectivity index (χ1n) is 6.92. The van der Waals surface area contributed by atoms with Crippen LogP contribution < -0.4 is 0 Å². The van der Waals surface area contributed by atoms with E-state index < -0.39 is 0 Å². The van der Waals surface area contributed by atoms with Gasteiger partial charge in [0.25, 0.3) is 0 Å². The molecule has 2 nitrogen and oxygen atoms in total. The van der Waals surface area contributed by atoms with E-state index in [0.29, 0.717) is 11.1 Å². The van der Waals surface area contributed by atoms with Gasteiger partial charge in [0.2, 0.25) is 0 Å². The van der Waals surface area contributed by atoms with Crippen LogP contribution in [-0.4, -0.2) is 0 Å². The summed E-state index contributed by atoms with van der Waals surface area (Å²) in [6.07, 6.45) is 1.89. The fourth-order valence-corrected chi connectivity index (χ4v) is 2.44. The minimum Gasteiger partial charge on any atom is -0.192 e. The van der Waals surface area contributed by atoms with Gasteiger partial charge in [0, 0.05) is 0 Å². The first-order valence-corrected chi connectivity index (χ1v) is 6.92. The molecular weight excluding hydrogens is 268 g/mol. The summed E-state index contributed by atoms with van der Waals surface area (Å²) in [5.74, 6) is 0. The van der Waals surface area contributed by atoms with Gasteiger partial charge in [0.15, 0.2) is 0 Å². The molecule has 3 aromatic carbocycles. The summed E-state index contributed by atoms with van der Waals surface area (Å²) in [4.78, 5) is 0. The second-order valence-corrected chi connectivity index (χ2v) is 4.93. The third-order valence-corrected chi connectivity index (χ3v) is 3.57. The zero-order valence-electron chi connectivity index (χ0n) is 11.8. The minimum atomic E-state index is 0.584. The second-order valence-electron chi connectivity index (χ2n) is 4.93. The summed E-state index contributed by atoms with van der Waals surface area (Å²) in [7, 11) is 0. The van der Waals surface area contributed by atoms with Crippen molar-refractivity contribution in [3.63, 3.8) is 0 Å². The molecule has 0 radical (unpaired) electrons. The van der Waals surface area contributed by atoms with Crippen LogP contribution in [0.5, 0.6) is 0 Å². The Bertz CT molecular complexity index is 931. The average Bonchev–Trinajstić information content (AvgIpc) is 2.60. The molecule has 0 aliphatic heterocycles. The Balaban J connectivity index is 2.11. The summed E-state index contributed by atoms with van der Waals surface area (Å²) in [5, 5.41) is 20.6. The standard InChI is InChI=1S/C20H12N2/c21-13-15-8-10-16(11-9-15)19(14-22)12-18-6-3-5-17-4-1-2-7-20(17)18/h1-12H/b19-12+. The van der Waals surface area contributed by atoms with Crippen molar-refractivity contribution in [2.24, 2.45) is 0 Å². The van der Waals surface area contributed by atoms with Crippen molar-refractivity contribution in [3.8, 4) is 12.1 Å². The van der Waals surface area contributed by atoms with Gasteiger partial charge in [0.05, 0.1) is 23.3 Å². The lowest BCUT2D eigenvalue weighted by Gasteiger charge is -2.04. The van der Waals surface area contributed by atoms with Crippen molar-refractivity contribution in [1.82, 2.24) is 0 Å². The molecule has 2 heteroatoms. The normalized spacial score (nSPS) is 10.9. The molecule has 3 rings (SSSR count). The molecule has 22 heavy (non-hydrogen) atoms. The van der Waals surface area contributed by atoms with E-state index in [4.69, 9.17) is 5.26 Å². The number of rotatable bonds is 2. The summed E-state index contributed by atoms with van der Waals surface area (Å²) < 4.78 is 0. The molecule has 102 valence electrons. The maximum Gasteiger partial charge on any atom is 0.0998 e. The van der Waals surface area contributed by atoms with Crippen LogP contribution in [0.4, 0.5) is 0 Å². The predicted octanol–water partition coefficient (Wildman–Crippen LogP) is 4.78. The molecule has 0 saturated carbocycles. The highest BCUT2D eigenvalue weighted by molar-refractivity contribution is 5.98. The second kappa shape index (κ2) is 5.95. The number of hydrogen-bond donors (Lipinski definition) is 0. The number of nitrogens with zero attached hydrogens (tertiary/aromatic N) is 2. The van der Waals surface area contributed by atoms with Crippen LogP contribution in [0.1, 0.15) is 16.7 Å². The quantitative estimate of drug-likeness (QED) is 0.501. The lowest BCUT2D eigenvalue weighted by Crippen LogP contribution is -1.84. The van der Waals surface area contributed by atoms with Crippen molar-refractivity contribution < 1.29 is 0 Å². The molecular formula is C20H12N2. The Hall–Kier alpha value is -3.36. The van der Waals surface area contributed by atoms with E-state index in [-0.39, 0.29) is 0 Å². The molecule has 0 saturated heterocycles. The maximum absolute atomic E-state index is 9.46. The predicted molar refractivity (Wildman–Crippen MR) is 88.6 cm³/mol. The molecule has 0 atom stereocenters. The van der Waals surface area contributed by atoms with Crippen molar-refractivity contribution >= 4 is 22.4 Å². The highest BCUT2D eigenvalue weighted by atomic mass is 14.3. The lowest BCUT2D eigenvalue weighted by atomic mass is 9.99. The lowest BCUT2D eigenvalue weighted by molar-refractivity contribution is 1.47. The van der Waals surface area contributed by atoms with Gasteiger partial charge >= 0.3 is 0 Å². The fraction of sp³-hybridized carbons (Fsp3) is 0. The third kappa shape index (κ3) is 2.59. The van der Waals surface area contributed by atoms with Gasteiger partial charge in [-0.1, -0.05) is 54.6 Å². The summed E-state index contributed by atoms with van der Waals surface area (Å²) in [6.45, 7) is 0. The zero-order chi connectivity index (χ0) is 15.4. The van der Waals surface area contributed by atoms with Crippen LogP contribution >= 0.6 is 0 Å². The van der Waals surface area contributed by atoms with E-state index in [1.54, 1.807) is 24.3 Å². The van der Waals surface area contributed by atoms with Gasteiger partial charge in [-0.25, -0.2) is 0 Å². The Labute approximate surface area is 129 Å². The molecule has 0 heterocycles. The highest BCUT2D eigenvalue weighted by Crippen LogP contribution is 2.24. The SMILES string of the molecule is N#C/C(=C\c1cccc2ccccc12)c1ccc(C#N)cc1. The zero-order valence-corrected chi connectivity index (χ0v) is 11.8. The van der Waals surface area contributed by atoms with Gasteiger partial charge in [-0.15, -0.1) is 0 Å². The molecule has 0 spiro atoms. The van der Waals surface area contributed by atoms with Crippen LogP contribution in [0, 0.1) is 22.7 Å². The van der Waals surface area contributed by atoms with Crippen molar-refractivity contribution in [3.05, 3.63) is 83.4 Å². The molecule has 0 fully saturated rings. The number of allylic oxidation sites excluding steroid dienone is 1. The Kier molecular flexibility index (Phi) is 3.69. The monoisotopic (exact) mass is 280 g/mol. The van der Waals surface area contributed by atoms with Gasteiger partial charge in [-0.05, 0) is 40.1 Å². The molecule has 0 amide bonds. The van der Waals surface area contributed by atoms with E-state index in [0.717, 1.165) is 21.9 Å². The van der Waals surface area contributed by atoms with Crippen LogP contribution in [0.25, 0.3) is 22.4 Å². The first-order chi connectivity index (χ1) is 10.8. The van der Waals surface area contributed by atoms with Crippen molar-refractivity contribution in [1.29, 1.82) is 10.5 Å². The first kappa shape index (κ1) is 13.6. The molecule has 3 aromatic rings. The largest absolute Gasteiger partial charge is 0.192 e. The van der Waals surface area contributed by atoms with Gasteiger partial charge in [-0.2, -0.15) is 10.5 Å². The minimum absolute atomic E-state index is 0.584. The topological polar surface area (TPSA) is 47.6 Å². The smallest absolute Gasteiger partial charge is 0.0998 e. The summed E-state index contributed by atoms with van der Waals surface area (Å²) in [6, 6.07) is 25.5. The molecule has 0 aliphatic carbocycles. The van der Waals surface area contributed by atoms with E-state index >= 15 is 0 Å². The van der Waals surface area contributed by atoms with Gasteiger partial charge in [-0.3, -0.25) is 0 Å². The van der Waals surface area contributed by atoms with Crippen LogP contribution in [-0.2, 0) is 0 Å². The molecule has 0 aromatic heterocycles. The van der Waals surface area contributed by atoms with Crippen LogP contribution in [0.3, 0.4) is 0 Å². The van der Waals surface area contributed by atoms with E-state index in [9.17, 15) is 5.26 Å². The summed E-state index contributed by atoms with van der Waals surface area (Å²) >= 11 is 0. The Morgan fingerprint density at radius 3 is 2.27 bits per heavy atom. The van der Waals surface area contributed by atoms with E-state index in [1.807, 2.05) is 30.3 Å². The van der Waals surface area contributed by atoms with Gasteiger partial charge < -0.3 is 0 Å². The van der Waals surface area contributed by atoms with Gasteiger partial charge in [0.1, 0.15) is 0 Å². The van der Waals surface area contributed by atoms with Crippen molar-refractivity contribution in [2.45, 2.75) is 0 Å². The Morgan fingerprint density at radius 2 is 1.55 bits per heavy atom. The van der Waals surface area contributed by atoms with Crippen molar-refractivity contribution in [2.75, 3.05) is 0 Å². The molecule has 0 aliphatic rings. The highest BCUT2D eigenvalue weighted by Gasteiger charge is 2.03. The number of hydrogen-bond acceptors (Lipinski definition) is 2. The van der Waals surface area contributed by atoms with Crippen LogP contribution in [0.15, 0.2) is 66.7 Å². The van der Waals surface area contributed by atoms with Crippen LogP contribution in [0.2, 0.25) is 0 Å². The maximum atomic E-state index is 9.46. The number of benzene rings is 3. The molecule has 0 N–H and O–H groups in total. The number of nitriles is 2. The van der Waals surface area contributed by atoms with E-state index in [2.05, 4.69) is 30.3 Å². The summed E-state index contributed by atoms with van der Waals surface area (Å²) in [5.41, 5.74) is 3.00. The van der Waals surface area contributed by atoms with E-state index in [1.165, 1.54) is 0 Å². The fourth-order valence-electron chi connectivity index (χ4n) is 2.44. The third-order valence-electron chi connectivity index (χ3n) is 3.57. The average molecular weight is 280 g/mol. The molecule has 0 bridgehead atoms. The number of fused-ring (bicyclic) bond motifs is 1.